The van der Waals surface area contributed by atoms with Gasteiger partial charge in [-0.2, -0.15) is 5.26 Å². The van der Waals surface area contributed by atoms with E-state index in [1.165, 1.54) is 0 Å². The topological polar surface area (TPSA) is 80.3 Å². The van der Waals surface area contributed by atoms with Crippen LogP contribution in [0.2, 0.25) is 0 Å². The molecule has 0 aliphatic carbocycles. The van der Waals surface area contributed by atoms with Gasteiger partial charge in [0.2, 0.25) is 0 Å². The van der Waals surface area contributed by atoms with Gasteiger partial charge in [-0.15, -0.1) is 0 Å². The maximum atomic E-state index is 8.98. The van der Waals surface area contributed by atoms with Crippen LogP contribution >= 0.6 is 0 Å². The van der Waals surface area contributed by atoms with E-state index in [1.807, 2.05) is 50.2 Å². The highest BCUT2D eigenvalue weighted by atomic mass is 16.5. The monoisotopic (exact) mass is 377 g/mol. The van der Waals surface area contributed by atoms with Crippen LogP contribution in [-0.2, 0) is 19.7 Å². The van der Waals surface area contributed by atoms with Gasteiger partial charge < -0.3 is 19.3 Å². The van der Waals surface area contributed by atoms with E-state index in [0.717, 1.165) is 28.1 Å². The van der Waals surface area contributed by atoms with Gasteiger partial charge in [0, 0.05) is 13.1 Å². The van der Waals surface area contributed by atoms with Crippen molar-refractivity contribution in [2.45, 2.75) is 33.5 Å². The molecule has 0 atom stereocenters. The van der Waals surface area contributed by atoms with Crippen LogP contribution in [0.4, 0.5) is 0 Å². The van der Waals surface area contributed by atoms with Gasteiger partial charge in [-0.25, -0.2) is 0 Å². The second-order valence-corrected chi connectivity index (χ2v) is 6.49. The van der Waals surface area contributed by atoms with E-state index < -0.39 is 0 Å². The van der Waals surface area contributed by atoms with E-state index in [9.17, 15) is 0 Å². The molecule has 144 valence electrons. The van der Waals surface area contributed by atoms with E-state index in [4.69, 9.17) is 19.3 Å². The fraction of sp³-hybridized carbons (Fsp3) is 0.273. The minimum absolute atomic E-state index is 0.379. The van der Waals surface area contributed by atoms with Gasteiger partial charge in [-0.05, 0) is 49.2 Å². The molecule has 0 aliphatic rings. The molecule has 0 unspecified atom stereocenters. The van der Waals surface area contributed by atoms with Crippen molar-refractivity contribution < 1.29 is 14.0 Å². The van der Waals surface area contributed by atoms with Crippen LogP contribution in [0.5, 0.6) is 11.5 Å². The Labute approximate surface area is 164 Å². The van der Waals surface area contributed by atoms with Crippen molar-refractivity contribution in [1.29, 1.82) is 5.26 Å². The van der Waals surface area contributed by atoms with Crippen LogP contribution in [0.1, 0.15) is 33.7 Å². The van der Waals surface area contributed by atoms with Gasteiger partial charge >= 0.3 is 0 Å². The summed E-state index contributed by atoms with van der Waals surface area (Å²) in [7, 11) is 1.63. The Hall–Kier alpha value is -3.30. The molecule has 0 saturated heterocycles. The maximum Gasteiger partial charge on any atom is 0.161 e. The van der Waals surface area contributed by atoms with Crippen molar-refractivity contribution in [2.24, 2.45) is 0 Å². The largest absolute Gasteiger partial charge is 0.493 e. The maximum absolute atomic E-state index is 8.98. The number of rotatable bonds is 8. The number of nitriles is 1. The summed E-state index contributed by atoms with van der Waals surface area (Å²) < 4.78 is 16.6. The predicted molar refractivity (Wildman–Crippen MR) is 105 cm³/mol. The molecule has 6 heteroatoms. The average Bonchev–Trinajstić information content (AvgIpc) is 3.04. The molecular weight excluding hydrogens is 354 g/mol. The third-order valence-corrected chi connectivity index (χ3v) is 4.50. The summed E-state index contributed by atoms with van der Waals surface area (Å²) in [6, 6.07) is 15.6. The Morgan fingerprint density at radius 2 is 1.86 bits per heavy atom. The van der Waals surface area contributed by atoms with Gasteiger partial charge in [0.05, 0.1) is 30.0 Å². The first-order valence-corrected chi connectivity index (χ1v) is 9.02. The van der Waals surface area contributed by atoms with Crippen molar-refractivity contribution in [2.75, 3.05) is 7.11 Å². The summed E-state index contributed by atoms with van der Waals surface area (Å²) in [5, 5.41) is 16.3. The molecule has 2 aromatic carbocycles. The third kappa shape index (κ3) is 4.70. The summed E-state index contributed by atoms with van der Waals surface area (Å²) in [4.78, 5) is 0. The SMILES string of the molecule is COc1cc(CNCc2cccc(C#N)c2)ccc1OCc1c(C)noc1C. The Kier molecular flexibility index (Phi) is 6.30. The molecule has 1 heterocycles. The highest BCUT2D eigenvalue weighted by molar-refractivity contribution is 5.43. The van der Waals surface area contributed by atoms with Crippen molar-refractivity contribution in [3.63, 3.8) is 0 Å². The molecule has 3 rings (SSSR count). The van der Waals surface area contributed by atoms with Crippen molar-refractivity contribution in [1.82, 2.24) is 10.5 Å². The van der Waals surface area contributed by atoms with Gasteiger partial charge in [-0.1, -0.05) is 23.4 Å². The fourth-order valence-corrected chi connectivity index (χ4v) is 2.90. The fourth-order valence-electron chi connectivity index (χ4n) is 2.90. The van der Waals surface area contributed by atoms with E-state index in [0.29, 0.717) is 36.8 Å². The van der Waals surface area contributed by atoms with E-state index in [2.05, 4.69) is 16.5 Å². The number of nitrogens with zero attached hydrogens (tertiary/aromatic N) is 2. The van der Waals surface area contributed by atoms with Gasteiger partial charge in [-0.3, -0.25) is 0 Å². The predicted octanol–water partition coefficient (Wildman–Crippen LogP) is 4.04. The first kappa shape index (κ1) is 19.5. The zero-order chi connectivity index (χ0) is 19.9. The number of aryl methyl sites for hydroxylation is 2. The van der Waals surface area contributed by atoms with Gasteiger partial charge in [0.15, 0.2) is 11.5 Å². The third-order valence-electron chi connectivity index (χ3n) is 4.50. The van der Waals surface area contributed by atoms with Crippen LogP contribution in [0, 0.1) is 25.2 Å². The van der Waals surface area contributed by atoms with Crippen LogP contribution in [0.25, 0.3) is 0 Å². The lowest BCUT2D eigenvalue weighted by atomic mass is 10.1. The highest BCUT2D eigenvalue weighted by Gasteiger charge is 2.12. The Morgan fingerprint density at radius 3 is 2.54 bits per heavy atom. The normalized spacial score (nSPS) is 10.5. The lowest BCUT2D eigenvalue weighted by Crippen LogP contribution is -2.13. The quantitative estimate of drug-likeness (QED) is 0.638. The summed E-state index contributed by atoms with van der Waals surface area (Å²) in [5.41, 5.74) is 4.61. The average molecular weight is 377 g/mol. The minimum atomic E-state index is 0.379. The van der Waals surface area contributed by atoms with Crippen LogP contribution in [0.3, 0.4) is 0 Å². The molecule has 0 spiro atoms. The highest BCUT2D eigenvalue weighted by Crippen LogP contribution is 2.29. The summed E-state index contributed by atoms with van der Waals surface area (Å²) in [6.07, 6.45) is 0. The minimum Gasteiger partial charge on any atom is -0.493 e. The number of ether oxygens (including phenoxy) is 2. The lowest BCUT2D eigenvalue weighted by molar-refractivity contribution is 0.281. The second-order valence-electron chi connectivity index (χ2n) is 6.49. The van der Waals surface area contributed by atoms with Crippen molar-refractivity contribution in [3.05, 3.63) is 76.2 Å². The number of hydrogen-bond acceptors (Lipinski definition) is 6. The molecule has 0 radical (unpaired) electrons. The number of hydrogen-bond donors (Lipinski definition) is 1. The Balaban J connectivity index is 1.60. The molecule has 1 N–H and O–H groups in total. The molecular formula is C22H23N3O3. The van der Waals surface area contributed by atoms with Crippen molar-refractivity contribution >= 4 is 0 Å². The standard InChI is InChI=1S/C22H23N3O3/c1-15-20(16(2)28-25-15)14-27-21-8-7-19(10-22(21)26-3)13-24-12-18-6-4-5-17(9-18)11-23/h4-10,24H,12-14H2,1-3H3. The Bertz CT molecular complexity index is 969. The van der Waals surface area contributed by atoms with E-state index in [1.54, 1.807) is 13.2 Å². The molecule has 6 nitrogen and oxygen atoms in total. The lowest BCUT2D eigenvalue weighted by Gasteiger charge is -2.13. The number of nitrogens with one attached hydrogen (secondary N) is 1. The van der Waals surface area contributed by atoms with E-state index >= 15 is 0 Å². The molecule has 0 amide bonds. The first-order valence-electron chi connectivity index (χ1n) is 9.02. The van der Waals surface area contributed by atoms with Crippen LogP contribution in [-0.4, -0.2) is 12.3 Å². The smallest absolute Gasteiger partial charge is 0.161 e. The number of methoxy groups -OCH3 is 1. The van der Waals surface area contributed by atoms with E-state index in [-0.39, 0.29) is 0 Å². The zero-order valence-electron chi connectivity index (χ0n) is 16.3. The van der Waals surface area contributed by atoms with Gasteiger partial charge in [0.25, 0.3) is 0 Å². The molecule has 1 aromatic heterocycles. The molecule has 0 bridgehead atoms. The van der Waals surface area contributed by atoms with Crippen molar-refractivity contribution in [3.8, 4) is 17.6 Å². The second kappa shape index (κ2) is 9.07. The first-order chi connectivity index (χ1) is 13.6. The number of benzene rings is 2. The Morgan fingerprint density at radius 1 is 1.07 bits per heavy atom. The molecule has 0 fully saturated rings. The summed E-state index contributed by atoms with van der Waals surface area (Å²) in [6.45, 7) is 5.51. The number of aromatic nitrogens is 1. The van der Waals surface area contributed by atoms with Crippen LogP contribution in [0.15, 0.2) is 47.0 Å². The molecule has 0 saturated carbocycles. The molecule has 28 heavy (non-hydrogen) atoms. The summed E-state index contributed by atoms with van der Waals surface area (Å²) >= 11 is 0. The molecule has 0 aliphatic heterocycles. The van der Waals surface area contributed by atoms with Crippen LogP contribution < -0.4 is 14.8 Å². The molecule has 3 aromatic rings. The van der Waals surface area contributed by atoms with Gasteiger partial charge in [0.1, 0.15) is 12.4 Å². The zero-order valence-corrected chi connectivity index (χ0v) is 16.3. The summed E-state index contributed by atoms with van der Waals surface area (Å²) in [5.74, 6) is 2.11.